The second kappa shape index (κ2) is 15.9. The first-order valence-corrected chi connectivity index (χ1v) is 20.7. The molecule has 5 heterocycles. The van der Waals surface area contributed by atoms with Crippen LogP contribution in [0.5, 0.6) is 11.5 Å². The molecule has 0 radical (unpaired) electrons. The molecule has 62 heavy (non-hydrogen) atoms. The third-order valence-corrected chi connectivity index (χ3v) is 11.7. The first-order valence-electron chi connectivity index (χ1n) is 20.7. The van der Waals surface area contributed by atoms with E-state index in [-0.39, 0.29) is 33.3 Å². The van der Waals surface area contributed by atoms with Crippen molar-refractivity contribution in [3.05, 3.63) is 229 Å². The number of ether oxygens (including phenoxy) is 1. The summed E-state index contributed by atoms with van der Waals surface area (Å²) < 4.78 is 8.83. The van der Waals surface area contributed by atoms with Crippen molar-refractivity contribution in [2.45, 2.75) is 26.2 Å². The zero-order chi connectivity index (χ0) is 41.1. The average molecular weight is 982 g/mol. The number of para-hydroxylation sites is 3. The smallest absolute Gasteiger partial charge is 0.314 e. The van der Waals surface area contributed by atoms with E-state index in [1.165, 1.54) is 11.1 Å². The maximum Gasteiger partial charge on any atom is 0.314 e. The first-order chi connectivity index (χ1) is 29.9. The van der Waals surface area contributed by atoms with Crippen LogP contribution in [0.3, 0.4) is 0 Å². The quantitative estimate of drug-likeness (QED) is 0.117. The Hall–Kier alpha value is -6.82. The molecule has 3 aliphatic rings. The Morgan fingerprint density at radius 1 is 0.645 bits per heavy atom. The Labute approximate surface area is 377 Å². The van der Waals surface area contributed by atoms with Crippen molar-refractivity contribution in [3.8, 4) is 17.3 Å². The van der Waals surface area contributed by atoms with Crippen LogP contribution in [-0.2, 0) is 26.5 Å². The van der Waals surface area contributed by atoms with Gasteiger partial charge in [-0.1, -0.05) is 141 Å². The molecule has 8 heteroatoms. The van der Waals surface area contributed by atoms with Gasteiger partial charge in [0.2, 0.25) is 0 Å². The van der Waals surface area contributed by atoms with Crippen LogP contribution in [0.25, 0.3) is 38.8 Å². The summed E-state index contributed by atoms with van der Waals surface area (Å²) in [4.78, 5) is 11.8. The van der Waals surface area contributed by atoms with Gasteiger partial charge in [-0.3, -0.25) is 0 Å². The molecule has 0 saturated carbocycles. The van der Waals surface area contributed by atoms with Gasteiger partial charge in [-0.25, -0.2) is 4.98 Å². The van der Waals surface area contributed by atoms with E-state index in [1.807, 2.05) is 24.4 Å². The molecule has 304 valence electrons. The number of hydrogen-bond acceptors (Lipinski definition) is 5. The van der Waals surface area contributed by atoms with Gasteiger partial charge in [-0.2, -0.15) is 12.1 Å². The number of pyridine rings is 1. The van der Waals surface area contributed by atoms with Crippen LogP contribution in [0, 0.1) is 18.8 Å². The molecule has 2 aromatic heterocycles. The molecule has 0 N–H and O–H groups in total. The topological polar surface area (TPSA) is 36.8 Å². The van der Waals surface area contributed by atoms with Crippen LogP contribution in [0.1, 0.15) is 37.5 Å². The summed E-state index contributed by atoms with van der Waals surface area (Å²) in [5.74, 6) is 7.67. The summed E-state index contributed by atoms with van der Waals surface area (Å²) in [5, 5.41) is 2.23. The van der Waals surface area contributed by atoms with E-state index in [4.69, 9.17) is 9.72 Å². The monoisotopic (exact) mass is 981 g/mol. The van der Waals surface area contributed by atoms with Crippen LogP contribution in [0.2, 0.25) is 0 Å². The average Bonchev–Trinajstić information content (AvgIpc) is 3.85. The predicted molar refractivity (Wildman–Crippen MR) is 250 cm³/mol. The van der Waals surface area contributed by atoms with Crippen molar-refractivity contribution in [3.63, 3.8) is 0 Å². The fourth-order valence-electron chi connectivity index (χ4n) is 8.65. The maximum absolute atomic E-state index is 6.64. The molecule has 0 amide bonds. The summed E-state index contributed by atoms with van der Waals surface area (Å²) in [6.45, 7) is 8.91. The summed E-state index contributed by atoms with van der Waals surface area (Å²) in [6.07, 6.45) is 8.68. The Morgan fingerprint density at radius 2 is 1.34 bits per heavy atom. The van der Waals surface area contributed by atoms with Gasteiger partial charge in [0.05, 0.1) is 5.82 Å². The molecule has 0 saturated heterocycles. The molecule has 0 aliphatic carbocycles. The number of fused-ring (bicyclic) bond motifs is 5. The molecule has 0 fully saturated rings. The molecule has 0 unspecified atom stereocenters. The second-order valence-corrected chi connectivity index (χ2v) is 16.6. The third-order valence-electron chi connectivity index (χ3n) is 11.7. The fraction of sp³-hybridized carbons (Fsp3) is 0.0741. The molecule has 3 aliphatic heterocycles. The van der Waals surface area contributed by atoms with Gasteiger partial charge in [0, 0.05) is 67.4 Å². The Kier molecular flexibility index (Phi) is 10.1. The second-order valence-electron chi connectivity index (χ2n) is 16.6. The van der Waals surface area contributed by atoms with Crippen LogP contribution < -0.4 is 14.5 Å². The maximum atomic E-state index is 6.64. The molecule has 0 bridgehead atoms. The van der Waals surface area contributed by atoms with E-state index >= 15 is 0 Å². The minimum Gasteiger partial charge on any atom is -0.509 e. The number of hydrogen-bond donors (Lipinski definition) is 0. The molecule has 11 rings (SSSR count). The molecule has 6 nitrogen and oxygen atoms in total. The summed E-state index contributed by atoms with van der Waals surface area (Å²) in [5.41, 5.74) is 10.8. The minimum absolute atomic E-state index is 0. The van der Waals surface area contributed by atoms with E-state index in [2.05, 4.69) is 223 Å². The largest absolute Gasteiger partial charge is 0.509 e. The van der Waals surface area contributed by atoms with Crippen molar-refractivity contribution in [1.29, 1.82) is 0 Å². The van der Waals surface area contributed by atoms with Gasteiger partial charge >= 0.3 is 6.85 Å². The molecule has 0 spiro atoms. The fourth-order valence-corrected chi connectivity index (χ4v) is 8.65. The zero-order valence-electron chi connectivity index (χ0n) is 34.5. The van der Waals surface area contributed by atoms with E-state index in [9.17, 15) is 0 Å². The van der Waals surface area contributed by atoms with Crippen LogP contribution in [0.4, 0.5) is 17.1 Å². The number of allylic oxidation sites excluding steroid dienone is 4. The number of aromatic nitrogens is 2. The van der Waals surface area contributed by atoms with Crippen LogP contribution >= 0.6 is 0 Å². The normalized spacial score (nSPS) is 14.6. The summed E-state index contributed by atoms with van der Waals surface area (Å²) >= 11 is 0. The van der Waals surface area contributed by atoms with E-state index in [1.54, 1.807) is 0 Å². The number of benzene rings is 6. The summed E-state index contributed by atoms with van der Waals surface area (Å²) in [7, 11) is 0. The van der Waals surface area contributed by atoms with Gasteiger partial charge in [-0.15, -0.1) is 48.1 Å². The molecule has 6 aromatic carbocycles. The van der Waals surface area contributed by atoms with Crippen molar-refractivity contribution in [1.82, 2.24) is 14.4 Å². The molecule has 0 atom stereocenters. The number of nitrogens with zero attached hydrogens (tertiary/aromatic N) is 5. The van der Waals surface area contributed by atoms with Gasteiger partial charge < -0.3 is 23.9 Å². The standard InChI is InChI=1S/C54H41BN5O.Pt/c1-54(2,3)41-29-32-56-52(33-41)60-48-22-11-10-21-46(48)47-26-25-44(35-51(47)60)61-43-20-14-19-42(34-43)57-37-58(50-24-13-12-23-49(50)57)53-45(39-17-8-5-9-18-39)28-31-55-30-27-40(36-59(53)55)38-15-6-4-7-16-38;/h4-33,36-37H,1-3H3;/q-3;. The van der Waals surface area contributed by atoms with E-state index in [0.29, 0.717) is 11.5 Å². The van der Waals surface area contributed by atoms with Gasteiger partial charge in [-0.05, 0) is 63.4 Å². The minimum atomic E-state index is -0.0234. The van der Waals surface area contributed by atoms with E-state index in [0.717, 1.165) is 67.2 Å². The van der Waals surface area contributed by atoms with Crippen molar-refractivity contribution in [2.75, 3.05) is 9.80 Å². The molecule has 8 aromatic rings. The Bertz CT molecular complexity index is 3110. The SMILES string of the molecule is CC(C)(C)c1ccnc(-n2c3[c-]c(Oc4[c-]c(N5[CH-]N(C6=C(c7ccccc7)C=CB7C=CC(c8ccccc8)=CN76)c6ccccc65)ccc4)ccc3c3ccccc32)c1.[Pt]. The van der Waals surface area contributed by atoms with E-state index < -0.39 is 0 Å². The predicted octanol–water partition coefficient (Wildman–Crippen LogP) is 12.9. The van der Waals surface area contributed by atoms with Gasteiger partial charge in [0.15, 0.2) is 0 Å². The van der Waals surface area contributed by atoms with Gasteiger partial charge in [0.25, 0.3) is 0 Å². The van der Waals surface area contributed by atoms with Crippen LogP contribution in [0.15, 0.2) is 194 Å². The first kappa shape index (κ1) is 39.3. The number of anilines is 3. The number of rotatable bonds is 7. The van der Waals surface area contributed by atoms with Crippen LogP contribution in [-0.4, -0.2) is 21.2 Å². The van der Waals surface area contributed by atoms with Crippen molar-refractivity contribution >= 4 is 56.9 Å². The Balaban J connectivity index is 0.00000458. The Morgan fingerprint density at radius 3 is 2.13 bits per heavy atom. The zero-order valence-corrected chi connectivity index (χ0v) is 36.8. The summed E-state index contributed by atoms with van der Waals surface area (Å²) in [6, 6.07) is 59.9. The third kappa shape index (κ3) is 6.97. The van der Waals surface area contributed by atoms with Gasteiger partial charge in [0.1, 0.15) is 5.82 Å². The van der Waals surface area contributed by atoms with Crippen molar-refractivity contribution < 1.29 is 25.8 Å². The molecular formula is C54H41BN5OPt-3. The molecular weight excluding hydrogens is 941 g/mol. The van der Waals surface area contributed by atoms with Crippen molar-refractivity contribution in [2.24, 2.45) is 0 Å².